The molecule has 0 aliphatic heterocycles. The standard InChI is InChI=1S/C20H30N4O2/c25-14-20(8-3-9-20)11-17-13-24(23-22-17)12-16-6-2-7-18(16)21-19(26)10-15-4-1-5-15/h10,13,16,18,25H,1-9,11-12,14H2,(H,21,26)/t16-,18-/m0/s1. The lowest BCUT2D eigenvalue weighted by atomic mass is 9.67. The summed E-state index contributed by atoms with van der Waals surface area (Å²) >= 11 is 0. The highest BCUT2D eigenvalue weighted by atomic mass is 16.3. The van der Waals surface area contributed by atoms with Gasteiger partial charge in [-0.25, -0.2) is 0 Å². The van der Waals surface area contributed by atoms with Crippen LogP contribution < -0.4 is 5.32 Å². The first-order valence-corrected chi connectivity index (χ1v) is 10.2. The largest absolute Gasteiger partial charge is 0.396 e. The second-order valence-electron chi connectivity index (χ2n) is 8.58. The van der Waals surface area contributed by atoms with Crippen molar-refractivity contribution in [1.82, 2.24) is 20.3 Å². The second kappa shape index (κ2) is 7.51. The van der Waals surface area contributed by atoms with Gasteiger partial charge in [-0.1, -0.05) is 23.6 Å². The molecule has 0 radical (unpaired) electrons. The highest BCUT2D eigenvalue weighted by molar-refractivity contribution is 5.88. The lowest BCUT2D eigenvalue weighted by Crippen LogP contribution is -2.38. The summed E-state index contributed by atoms with van der Waals surface area (Å²) in [6.45, 7) is 1.05. The zero-order chi connectivity index (χ0) is 18.0. The molecule has 6 heteroatoms. The summed E-state index contributed by atoms with van der Waals surface area (Å²) in [6.07, 6.45) is 14.7. The third-order valence-corrected chi connectivity index (χ3v) is 6.63. The molecule has 1 amide bonds. The number of nitrogens with one attached hydrogen (secondary N) is 1. The van der Waals surface area contributed by atoms with Gasteiger partial charge in [-0.3, -0.25) is 9.48 Å². The molecule has 0 spiro atoms. The molecule has 0 saturated heterocycles. The van der Waals surface area contributed by atoms with E-state index in [4.69, 9.17) is 0 Å². The number of aromatic nitrogens is 3. The molecule has 2 N–H and O–H groups in total. The average molecular weight is 358 g/mol. The third-order valence-electron chi connectivity index (χ3n) is 6.63. The second-order valence-corrected chi connectivity index (χ2v) is 8.58. The van der Waals surface area contributed by atoms with Gasteiger partial charge in [-0.2, -0.15) is 0 Å². The van der Waals surface area contributed by atoms with E-state index in [0.29, 0.717) is 5.92 Å². The van der Waals surface area contributed by atoms with Crippen LogP contribution >= 0.6 is 0 Å². The molecule has 3 fully saturated rings. The van der Waals surface area contributed by atoms with E-state index in [1.165, 1.54) is 18.4 Å². The quantitative estimate of drug-likeness (QED) is 0.734. The topological polar surface area (TPSA) is 80.0 Å². The lowest BCUT2D eigenvalue weighted by Gasteiger charge is -2.39. The van der Waals surface area contributed by atoms with Gasteiger partial charge in [0.2, 0.25) is 5.91 Å². The molecular formula is C20H30N4O2. The molecule has 0 aromatic carbocycles. The summed E-state index contributed by atoms with van der Waals surface area (Å²) in [5.41, 5.74) is 2.30. The molecule has 1 aromatic heterocycles. The number of amides is 1. The maximum atomic E-state index is 12.2. The first-order valence-electron chi connectivity index (χ1n) is 10.2. The van der Waals surface area contributed by atoms with E-state index in [-0.39, 0.29) is 24.0 Å². The smallest absolute Gasteiger partial charge is 0.244 e. The summed E-state index contributed by atoms with van der Waals surface area (Å²) in [5, 5.41) is 21.5. The molecule has 0 bridgehead atoms. The number of aliphatic hydroxyl groups excluding tert-OH is 1. The monoisotopic (exact) mass is 358 g/mol. The minimum atomic E-state index is 0.0414. The van der Waals surface area contributed by atoms with Crippen LogP contribution in [0.2, 0.25) is 0 Å². The van der Waals surface area contributed by atoms with Gasteiger partial charge in [0.15, 0.2) is 0 Å². The van der Waals surface area contributed by atoms with Crippen LogP contribution in [0, 0.1) is 11.3 Å². The van der Waals surface area contributed by atoms with Crippen molar-refractivity contribution in [2.24, 2.45) is 11.3 Å². The van der Waals surface area contributed by atoms with Gasteiger partial charge in [0.25, 0.3) is 0 Å². The molecule has 0 unspecified atom stereocenters. The molecule has 1 aromatic rings. The highest BCUT2D eigenvalue weighted by Gasteiger charge is 2.37. The Bertz CT molecular complexity index is 666. The van der Waals surface area contributed by atoms with Gasteiger partial charge in [-0.05, 0) is 56.3 Å². The zero-order valence-corrected chi connectivity index (χ0v) is 15.5. The summed E-state index contributed by atoms with van der Waals surface area (Å²) in [6, 6.07) is 0.238. The first-order chi connectivity index (χ1) is 12.7. The zero-order valence-electron chi connectivity index (χ0n) is 15.5. The van der Waals surface area contributed by atoms with Crippen LogP contribution in [0.5, 0.6) is 0 Å². The summed E-state index contributed by atoms with van der Waals surface area (Å²) in [5.74, 6) is 0.495. The molecule has 6 nitrogen and oxygen atoms in total. The van der Waals surface area contributed by atoms with Gasteiger partial charge in [0.1, 0.15) is 0 Å². The number of allylic oxidation sites excluding steroid dienone is 1. The Labute approximate surface area is 155 Å². The number of nitrogens with zero attached hydrogens (tertiary/aromatic N) is 3. The number of hydrogen-bond acceptors (Lipinski definition) is 4. The van der Waals surface area contributed by atoms with Crippen molar-refractivity contribution in [2.45, 2.75) is 76.8 Å². The summed E-state index contributed by atoms with van der Waals surface area (Å²) in [7, 11) is 0. The van der Waals surface area contributed by atoms with Crippen LogP contribution in [0.1, 0.15) is 63.5 Å². The van der Waals surface area contributed by atoms with E-state index < -0.39 is 0 Å². The Balaban J connectivity index is 1.32. The fourth-order valence-electron chi connectivity index (χ4n) is 4.58. The lowest BCUT2D eigenvalue weighted by molar-refractivity contribution is -0.117. The fraction of sp³-hybridized carbons (Fsp3) is 0.750. The van der Waals surface area contributed by atoms with Crippen molar-refractivity contribution < 1.29 is 9.90 Å². The first kappa shape index (κ1) is 17.7. The number of rotatable bonds is 7. The Morgan fingerprint density at radius 1 is 1.31 bits per heavy atom. The molecule has 1 heterocycles. The van der Waals surface area contributed by atoms with Crippen LogP contribution in [0.3, 0.4) is 0 Å². The predicted molar refractivity (Wildman–Crippen MR) is 98.3 cm³/mol. The van der Waals surface area contributed by atoms with Crippen molar-refractivity contribution in [2.75, 3.05) is 6.61 Å². The number of aliphatic hydroxyl groups is 1. The van der Waals surface area contributed by atoms with Gasteiger partial charge < -0.3 is 10.4 Å². The predicted octanol–water partition coefficient (Wildman–Crippen LogP) is 2.38. The van der Waals surface area contributed by atoms with Crippen molar-refractivity contribution in [3.05, 3.63) is 23.5 Å². The van der Waals surface area contributed by atoms with Crippen molar-refractivity contribution >= 4 is 5.91 Å². The molecule has 142 valence electrons. The van der Waals surface area contributed by atoms with E-state index in [9.17, 15) is 9.90 Å². The Kier molecular flexibility index (Phi) is 5.11. The van der Waals surface area contributed by atoms with Gasteiger partial charge in [0, 0.05) is 37.9 Å². The Hall–Kier alpha value is -1.69. The maximum absolute atomic E-state index is 12.2. The summed E-state index contributed by atoms with van der Waals surface area (Å²) in [4.78, 5) is 12.2. The van der Waals surface area contributed by atoms with Gasteiger partial charge in [0.05, 0.1) is 5.69 Å². The minimum Gasteiger partial charge on any atom is -0.396 e. The molecular weight excluding hydrogens is 328 g/mol. The molecule has 4 rings (SSSR count). The number of carbonyl (C=O) groups excluding carboxylic acids is 1. The SMILES string of the molecule is O=C(C=C1CCC1)N[C@H]1CCC[C@H]1Cn1cc(CC2(CO)CCC2)nn1. The van der Waals surface area contributed by atoms with E-state index in [2.05, 4.69) is 15.6 Å². The Morgan fingerprint density at radius 3 is 2.81 bits per heavy atom. The minimum absolute atomic E-state index is 0.0414. The molecule has 26 heavy (non-hydrogen) atoms. The van der Waals surface area contributed by atoms with E-state index in [1.807, 2.05) is 10.9 Å². The van der Waals surface area contributed by atoms with Crippen molar-refractivity contribution in [3.8, 4) is 0 Å². The summed E-state index contributed by atoms with van der Waals surface area (Å²) < 4.78 is 1.93. The third kappa shape index (κ3) is 3.85. The van der Waals surface area contributed by atoms with Crippen LogP contribution in [0.4, 0.5) is 0 Å². The maximum Gasteiger partial charge on any atom is 0.244 e. The van der Waals surface area contributed by atoms with E-state index in [1.54, 1.807) is 6.08 Å². The van der Waals surface area contributed by atoms with Crippen LogP contribution in [0.25, 0.3) is 0 Å². The molecule has 2 atom stereocenters. The van der Waals surface area contributed by atoms with E-state index in [0.717, 1.165) is 63.6 Å². The highest BCUT2D eigenvalue weighted by Crippen LogP contribution is 2.42. The molecule has 3 aliphatic rings. The fourth-order valence-corrected chi connectivity index (χ4v) is 4.58. The molecule has 3 saturated carbocycles. The number of carbonyl (C=O) groups is 1. The van der Waals surface area contributed by atoms with Gasteiger partial charge >= 0.3 is 0 Å². The van der Waals surface area contributed by atoms with Crippen LogP contribution in [-0.2, 0) is 17.8 Å². The van der Waals surface area contributed by atoms with Gasteiger partial charge in [-0.15, -0.1) is 5.10 Å². The van der Waals surface area contributed by atoms with E-state index >= 15 is 0 Å². The van der Waals surface area contributed by atoms with Crippen LogP contribution in [-0.4, -0.2) is 38.7 Å². The molecule has 3 aliphatic carbocycles. The normalized spacial score (nSPS) is 26.9. The Morgan fingerprint density at radius 2 is 2.15 bits per heavy atom. The van der Waals surface area contributed by atoms with Crippen molar-refractivity contribution in [1.29, 1.82) is 0 Å². The van der Waals surface area contributed by atoms with Crippen molar-refractivity contribution in [3.63, 3.8) is 0 Å². The number of hydrogen-bond donors (Lipinski definition) is 2. The average Bonchev–Trinajstić information content (AvgIpc) is 3.17. The van der Waals surface area contributed by atoms with Crippen LogP contribution in [0.15, 0.2) is 17.8 Å².